The number of unbranched alkanes of at least 4 members (excludes halogenated alkanes) is 2. The number of nitrogens with one attached hydrogen (secondary N) is 3. The molecule has 0 bridgehead atoms. The van der Waals surface area contributed by atoms with Crippen LogP contribution in [0.25, 0.3) is 33.5 Å². The van der Waals surface area contributed by atoms with Gasteiger partial charge in [0, 0.05) is 72.3 Å². The van der Waals surface area contributed by atoms with Gasteiger partial charge in [-0.3, -0.25) is 23.5 Å². The van der Waals surface area contributed by atoms with E-state index in [0.717, 1.165) is 71.1 Å². The Balaban J connectivity index is 0.718. The Hall–Kier alpha value is -8.82. The van der Waals surface area contributed by atoms with E-state index in [9.17, 15) is 40.7 Å². The van der Waals surface area contributed by atoms with E-state index in [1.54, 1.807) is 15.5 Å². The summed E-state index contributed by atoms with van der Waals surface area (Å²) in [5, 5.41) is 41.1. The third kappa shape index (κ3) is 14.2. The third-order valence-electron chi connectivity index (χ3n) is 14.6. The fourth-order valence-electron chi connectivity index (χ4n) is 10.3. The van der Waals surface area contributed by atoms with Gasteiger partial charge < -0.3 is 34.7 Å². The fourth-order valence-corrected chi connectivity index (χ4v) is 10.3. The van der Waals surface area contributed by atoms with Crippen molar-refractivity contribution in [2.45, 2.75) is 135 Å². The number of H-pyrrole nitrogens is 1. The van der Waals surface area contributed by atoms with Crippen LogP contribution in [0.5, 0.6) is 5.75 Å². The first kappa shape index (κ1) is 58.0. The summed E-state index contributed by atoms with van der Waals surface area (Å²) in [6.45, 7) is 7.84. The molecule has 22 nitrogen and oxygen atoms in total. The van der Waals surface area contributed by atoms with Crippen LogP contribution in [-0.2, 0) is 54.7 Å². The number of ether oxygens (including phenoxy) is 3. The molecule has 446 valence electrons. The second-order valence-corrected chi connectivity index (χ2v) is 22.4. The van der Waals surface area contributed by atoms with Crippen LogP contribution >= 0.6 is 0 Å². The lowest BCUT2D eigenvalue weighted by atomic mass is 9.96. The van der Waals surface area contributed by atoms with Gasteiger partial charge in [0.2, 0.25) is 0 Å². The number of aryl methyl sites for hydroxylation is 4. The zero-order valence-electron chi connectivity index (χ0n) is 46.6. The maximum atomic E-state index is 14.8. The second-order valence-electron chi connectivity index (χ2n) is 22.4. The first-order valence-electron chi connectivity index (χ1n) is 28.0. The lowest BCUT2D eigenvalue weighted by Crippen LogP contribution is -2.50. The van der Waals surface area contributed by atoms with E-state index in [2.05, 4.69) is 61.4 Å². The Kier molecular flexibility index (Phi) is 16.4. The van der Waals surface area contributed by atoms with Crippen molar-refractivity contribution in [2.24, 2.45) is 0 Å². The molecule has 1 saturated carbocycles. The maximum absolute atomic E-state index is 14.8. The van der Waals surface area contributed by atoms with Crippen molar-refractivity contribution in [3.8, 4) is 11.6 Å². The Labute approximate surface area is 481 Å². The number of rotatable bonds is 21. The Morgan fingerprint density at radius 1 is 0.753 bits per heavy atom. The lowest BCUT2D eigenvalue weighted by Gasteiger charge is -2.39. The SMILES string of the molecule is CC(C)(C)OC(=O)N1CC(c2cc3cc(CCCCn4cc(C(=O)NCc5cc(C(F)(F)F)cc(-n6c(C7CC7)c(C7=CCOCC7)c7cc(CCCCn8cc(C(=O)NCc9cccc(OC(F)(F)F)c9)nn8)nnc76)n5)nn4)nnc3[nH]2)C1. The van der Waals surface area contributed by atoms with E-state index in [1.807, 2.05) is 45.0 Å². The number of hydrogen-bond acceptors (Lipinski definition) is 15. The number of carbonyl (C=O) groups excluding carboxylic acids is 3. The van der Waals surface area contributed by atoms with E-state index >= 15 is 0 Å². The van der Waals surface area contributed by atoms with Gasteiger partial charge in [-0.1, -0.05) is 28.6 Å². The highest BCUT2D eigenvalue weighted by Crippen LogP contribution is 2.49. The summed E-state index contributed by atoms with van der Waals surface area (Å²) in [6.07, 6.45) is 0.916. The number of hydrogen-bond donors (Lipinski definition) is 3. The van der Waals surface area contributed by atoms with Gasteiger partial charge >= 0.3 is 18.6 Å². The largest absolute Gasteiger partial charge is 0.573 e. The number of likely N-dealkylation sites (tertiary alicyclic amines) is 1. The first-order chi connectivity index (χ1) is 40.7. The number of pyridine rings is 1. The number of halogens is 6. The minimum Gasteiger partial charge on any atom is -0.444 e. The Morgan fingerprint density at radius 2 is 1.44 bits per heavy atom. The highest BCUT2D eigenvalue weighted by Gasteiger charge is 2.38. The maximum Gasteiger partial charge on any atom is 0.573 e. The molecule has 28 heteroatoms. The first-order valence-corrected chi connectivity index (χ1v) is 28.0. The van der Waals surface area contributed by atoms with E-state index in [4.69, 9.17) is 14.5 Å². The summed E-state index contributed by atoms with van der Waals surface area (Å²) in [6, 6.07) is 13.1. The highest BCUT2D eigenvalue weighted by molar-refractivity contribution is 5.95. The van der Waals surface area contributed by atoms with Gasteiger partial charge in [0.05, 0.1) is 54.8 Å². The van der Waals surface area contributed by atoms with Crippen molar-refractivity contribution in [1.29, 1.82) is 0 Å². The standard InChI is InChI=1S/C57H60F6N16O6/c1-55(2,3)85-54(82)76-29-37(30-76)44-23-36-22-39(68-72-50(36)67-44)10-4-6-17-78-32-46(71-75-78)53(81)65-28-41-24-38(56(58,59)60)25-47(66-41)79-49(35-13-14-35)48(34-15-19-83-20-16-34)43-26-40(69-73-51(43)79)11-5-7-18-77-31-45(70-74-77)52(80)64-27-33-9-8-12-42(21-33)84-57(61,62)63/h8-9,12,15,21-26,31-32,35,37H,4-7,10-11,13-14,16-20,27-30H2,1-3H3,(H,64,80)(H,65,81)(H,67,72). The summed E-state index contributed by atoms with van der Waals surface area (Å²) in [5.41, 5.74) is 4.92. The monoisotopic (exact) mass is 1180 g/mol. The van der Waals surface area contributed by atoms with E-state index in [1.165, 1.54) is 33.9 Å². The Bertz CT molecular complexity index is 3800. The molecule has 2 fully saturated rings. The molecule has 3 aliphatic rings. The molecule has 0 radical (unpaired) electrons. The predicted molar refractivity (Wildman–Crippen MR) is 293 cm³/mol. The Morgan fingerprint density at radius 3 is 2.08 bits per heavy atom. The van der Waals surface area contributed by atoms with Crippen LogP contribution in [0.15, 0.2) is 73.1 Å². The molecule has 3 amide bonds. The number of alkyl halides is 6. The zero-order valence-corrected chi connectivity index (χ0v) is 46.6. The number of fused-ring (bicyclic) bond motifs is 2. The van der Waals surface area contributed by atoms with Gasteiger partial charge in [-0.05, 0) is 132 Å². The lowest BCUT2D eigenvalue weighted by molar-refractivity contribution is -0.274. The van der Waals surface area contributed by atoms with Crippen LogP contribution < -0.4 is 15.4 Å². The molecule has 8 aromatic rings. The molecular formula is C57H60F6N16O6. The van der Waals surface area contributed by atoms with Crippen LogP contribution in [0.1, 0.15) is 144 Å². The van der Waals surface area contributed by atoms with Crippen molar-refractivity contribution in [2.75, 3.05) is 26.3 Å². The summed E-state index contributed by atoms with van der Waals surface area (Å²) in [5.74, 6) is -1.49. The molecule has 0 unspecified atom stereocenters. The fraction of sp³-hybridized carbons (Fsp3) is 0.439. The summed E-state index contributed by atoms with van der Waals surface area (Å²) >= 11 is 0. The van der Waals surface area contributed by atoms with E-state index in [0.29, 0.717) is 106 Å². The van der Waals surface area contributed by atoms with E-state index in [-0.39, 0.29) is 53.9 Å². The molecule has 11 rings (SSSR count). The van der Waals surface area contributed by atoms with Gasteiger partial charge in [-0.2, -0.15) is 23.4 Å². The number of aromatic amines is 1. The molecule has 0 atom stereocenters. The number of carbonyl (C=O) groups is 3. The predicted octanol–water partition coefficient (Wildman–Crippen LogP) is 9.11. The average molecular weight is 1180 g/mol. The summed E-state index contributed by atoms with van der Waals surface area (Å²) in [4.78, 5) is 48.5. The van der Waals surface area contributed by atoms with Crippen molar-refractivity contribution in [1.82, 2.24) is 80.5 Å². The smallest absolute Gasteiger partial charge is 0.444 e. The van der Waals surface area contributed by atoms with Gasteiger partial charge in [-0.15, -0.1) is 33.6 Å². The van der Waals surface area contributed by atoms with Crippen LogP contribution in [0.3, 0.4) is 0 Å². The van der Waals surface area contributed by atoms with Gasteiger partial charge in [-0.25, -0.2) is 9.78 Å². The minimum absolute atomic E-state index is 0.00741. The molecule has 1 saturated heterocycles. The quantitative estimate of drug-likeness (QED) is 0.0448. The number of nitrogens with zero attached hydrogens (tertiary/aromatic N) is 13. The van der Waals surface area contributed by atoms with Crippen molar-refractivity contribution in [3.05, 3.63) is 130 Å². The van der Waals surface area contributed by atoms with Crippen LogP contribution in [0.4, 0.5) is 31.1 Å². The van der Waals surface area contributed by atoms with Gasteiger partial charge in [0.15, 0.2) is 22.7 Å². The topological polar surface area (TPSA) is 253 Å². The molecule has 2 aliphatic heterocycles. The molecule has 1 aliphatic carbocycles. The van der Waals surface area contributed by atoms with Crippen LogP contribution in [0, 0.1) is 0 Å². The molecule has 1 aromatic carbocycles. The zero-order chi connectivity index (χ0) is 59.6. The third-order valence-corrected chi connectivity index (χ3v) is 14.6. The van der Waals surface area contributed by atoms with Gasteiger partial charge in [0.1, 0.15) is 17.2 Å². The molecule has 85 heavy (non-hydrogen) atoms. The molecular weight excluding hydrogens is 1120 g/mol. The summed E-state index contributed by atoms with van der Waals surface area (Å²) in [7, 11) is 0. The average Bonchev–Trinajstić information content (AvgIpc) is 1.64. The van der Waals surface area contributed by atoms with Crippen molar-refractivity contribution in [3.63, 3.8) is 0 Å². The minimum atomic E-state index is -4.85. The number of aromatic nitrogens is 13. The summed E-state index contributed by atoms with van der Waals surface area (Å²) < 4.78 is 102. The van der Waals surface area contributed by atoms with E-state index < -0.39 is 41.3 Å². The molecule has 9 heterocycles. The second kappa shape index (κ2) is 24.0. The van der Waals surface area contributed by atoms with Crippen LogP contribution in [0.2, 0.25) is 0 Å². The molecule has 0 spiro atoms. The normalized spacial score (nSPS) is 15.1. The van der Waals surface area contributed by atoms with Crippen molar-refractivity contribution < 1.29 is 54.9 Å². The number of amides is 3. The highest BCUT2D eigenvalue weighted by atomic mass is 19.4. The number of benzene rings is 1. The molecule has 7 aromatic heterocycles. The van der Waals surface area contributed by atoms with Gasteiger partial charge in [0.25, 0.3) is 11.8 Å². The van der Waals surface area contributed by atoms with Crippen molar-refractivity contribution >= 4 is 45.5 Å². The molecule has 3 N–H and O–H groups in total. The van der Waals surface area contributed by atoms with Crippen LogP contribution in [-0.4, -0.2) is 126 Å².